The number of aryl methyl sites for hydroxylation is 2. The summed E-state index contributed by atoms with van der Waals surface area (Å²) in [7, 11) is 1.92. The molecule has 110 valence electrons. The zero-order valence-corrected chi connectivity index (χ0v) is 12.2. The van der Waals surface area contributed by atoms with Crippen LogP contribution in [-0.4, -0.2) is 24.4 Å². The van der Waals surface area contributed by atoms with E-state index in [0.717, 1.165) is 28.7 Å². The maximum absolute atomic E-state index is 9.56. The van der Waals surface area contributed by atoms with Crippen molar-refractivity contribution in [1.82, 2.24) is 19.3 Å². The summed E-state index contributed by atoms with van der Waals surface area (Å²) in [6.07, 6.45) is 2.90. The minimum absolute atomic E-state index is 0.101. The molecule has 0 radical (unpaired) electrons. The third-order valence-electron chi connectivity index (χ3n) is 3.65. The first-order valence-corrected chi connectivity index (χ1v) is 6.99. The van der Waals surface area contributed by atoms with E-state index in [1.165, 1.54) is 0 Å². The first-order chi connectivity index (χ1) is 10.1. The molecule has 0 aliphatic carbocycles. The van der Waals surface area contributed by atoms with Crippen LogP contribution in [0.15, 0.2) is 24.4 Å². The molecule has 0 amide bonds. The summed E-state index contributed by atoms with van der Waals surface area (Å²) in [5, 5.41) is 14.0. The fourth-order valence-corrected chi connectivity index (χ4v) is 2.68. The van der Waals surface area contributed by atoms with Crippen molar-refractivity contribution in [2.24, 2.45) is 7.05 Å². The zero-order valence-electron chi connectivity index (χ0n) is 12.2. The molecule has 0 unspecified atom stereocenters. The molecule has 3 N–H and O–H groups in total. The Bertz CT molecular complexity index is 787. The van der Waals surface area contributed by atoms with Gasteiger partial charge in [0.2, 0.25) is 0 Å². The van der Waals surface area contributed by atoms with Crippen LogP contribution in [0.1, 0.15) is 24.0 Å². The second-order valence-corrected chi connectivity index (χ2v) is 5.15. The number of hydrogen-bond acceptors (Lipinski definition) is 4. The van der Waals surface area contributed by atoms with Gasteiger partial charge in [0.25, 0.3) is 0 Å². The molecule has 1 aromatic carbocycles. The normalized spacial score (nSPS) is 11.4. The number of nitrogen functional groups attached to an aromatic ring is 1. The lowest BCUT2D eigenvalue weighted by Gasteiger charge is -2.07. The summed E-state index contributed by atoms with van der Waals surface area (Å²) in [4.78, 5) is 4.46. The van der Waals surface area contributed by atoms with Crippen LogP contribution >= 0.6 is 0 Å². The van der Waals surface area contributed by atoms with Gasteiger partial charge in [-0.2, -0.15) is 5.10 Å². The standard InChI is InChI=1S/C15H19N5O/c1-3-12-10(7-19(2)18-12)8-20-14-5-4-11(16)6-13(14)17-15(20)9-21/h4-7,21H,3,8-9,16H2,1-2H3. The summed E-state index contributed by atoms with van der Waals surface area (Å²) in [5.74, 6) is 0.640. The second-order valence-electron chi connectivity index (χ2n) is 5.15. The molecule has 0 aliphatic heterocycles. The van der Waals surface area contributed by atoms with Crippen LogP contribution in [0.2, 0.25) is 0 Å². The molecule has 0 spiro atoms. The number of aliphatic hydroxyl groups is 1. The lowest BCUT2D eigenvalue weighted by Crippen LogP contribution is -2.06. The van der Waals surface area contributed by atoms with E-state index in [2.05, 4.69) is 17.0 Å². The topological polar surface area (TPSA) is 81.9 Å². The quantitative estimate of drug-likeness (QED) is 0.711. The Morgan fingerprint density at radius 1 is 1.33 bits per heavy atom. The van der Waals surface area contributed by atoms with Crippen LogP contribution < -0.4 is 5.73 Å². The number of rotatable bonds is 4. The minimum atomic E-state index is -0.101. The number of anilines is 1. The minimum Gasteiger partial charge on any atom is -0.399 e. The number of imidazole rings is 1. The van der Waals surface area contributed by atoms with Gasteiger partial charge in [0.15, 0.2) is 0 Å². The number of nitrogens with zero attached hydrogens (tertiary/aromatic N) is 4. The van der Waals surface area contributed by atoms with E-state index in [0.29, 0.717) is 18.1 Å². The van der Waals surface area contributed by atoms with Gasteiger partial charge in [-0.3, -0.25) is 4.68 Å². The number of aliphatic hydroxyl groups excluding tert-OH is 1. The van der Waals surface area contributed by atoms with Crippen LogP contribution in [0.4, 0.5) is 5.69 Å². The Morgan fingerprint density at radius 3 is 2.86 bits per heavy atom. The first-order valence-electron chi connectivity index (χ1n) is 6.99. The van der Waals surface area contributed by atoms with Crippen LogP contribution in [0.5, 0.6) is 0 Å². The Balaban J connectivity index is 2.10. The average molecular weight is 285 g/mol. The van der Waals surface area contributed by atoms with E-state index >= 15 is 0 Å². The predicted octanol–water partition coefficient (Wildman–Crippen LogP) is 1.45. The van der Waals surface area contributed by atoms with Crippen LogP contribution in [0.25, 0.3) is 11.0 Å². The highest BCUT2D eigenvalue weighted by atomic mass is 16.3. The van der Waals surface area contributed by atoms with E-state index in [1.54, 1.807) is 0 Å². The molecule has 0 saturated carbocycles. The molecule has 0 fully saturated rings. The molecule has 0 bridgehead atoms. The first kappa shape index (κ1) is 13.6. The highest BCUT2D eigenvalue weighted by Gasteiger charge is 2.13. The van der Waals surface area contributed by atoms with E-state index in [-0.39, 0.29) is 6.61 Å². The van der Waals surface area contributed by atoms with Gasteiger partial charge in [-0.25, -0.2) is 4.98 Å². The molecular weight excluding hydrogens is 266 g/mol. The van der Waals surface area contributed by atoms with Crippen molar-refractivity contribution in [3.8, 4) is 0 Å². The lowest BCUT2D eigenvalue weighted by molar-refractivity contribution is 0.267. The van der Waals surface area contributed by atoms with Crippen molar-refractivity contribution < 1.29 is 5.11 Å². The molecule has 3 rings (SSSR count). The predicted molar refractivity (Wildman–Crippen MR) is 81.8 cm³/mol. The van der Waals surface area contributed by atoms with Crippen molar-refractivity contribution in [2.75, 3.05) is 5.73 Å². The van der Waals surface area contributed by atoms with E-state index in [4.69, 9.17) is 5.73 Å². The Labute approximate surface area is 122 Å². The van der Waals surface area contributed by atoms with Crippen molar-refractivity contribution in [3.63, 3.8) is 0 Å². The van der Waals surface area contributed by atoms with Gasteiger partial charge in [0.05, 0.1) is 23.3 Å². The SMILES string of the molecule is CCc1nn(C)cc1Cn1c(CO)nc2cc(N)ccc21. The fourth-order valence-electron chi connectivity index (χ4n) is 2.68. The molecule has 6 heteroatoms. The smallest absolute Gasteiger partial charge is 0.136 e. The zero-order chi connectivity index (χ0) is 15.0. The van der Waals surface area contributed by atoms with Gasteiger partial charge in [0, 0.05) is 24.5 Å². The molecule has 6 nitrogen and oxygen atoms in total. The number of hydrogen-bond donors (Lipinski definition) is 2. The van der Waals surface area contributed by atoms with Crippen molar-refractivity contribution in [3.05, 3.63) is 41.5 Å². The molecule has 2 heterocycles. The Hall–Kier alpha value is -2.34. The molecule has 3 aromatic rings. The third kappa shape index (κ3) is 2.38. The molecular formula is C15H19N5O. The largest absolute Gasteiger partial charge is 0.399 e. The summed E-state index contributed by atoms with van der Waals surface area (Å²) < 4.78 is 3.84. The third-order valence-corrected chi connectivity index (χ3v) is 3.65. The molecule has 0 atom stereocenters. The lowest BCUT2D eigenvalue weighted by atomic mass is 10.2. The monoisotopic (exact) mass is 285 g/mol. The van der Waals surface area contributed by atoms with Gasteiger partial charge in [0.1, 0.15) is 12.4 Å². The summed E-state index contributed by atoms with van der Waals surface area (Å²) >= 11 is 0. The van der Waals surface area contributed by atoms with Gasteiger partial charge >= 0.3 is 0 Å². The molecule has 2 aromatic heterocycles. The van der Waals surface area contributed by atoms with Gasteiger partial charge < -0.3 is 15.4 Å². The number of aromatic nitrogens is 4. The van der Waals surface area contributed by atoms with E-state index in [9.17, 15) is 5.11 Å². The summed E-state index contributed by atoms with van der Waals surface area (Å²) in [5.41, 5.74) is 10.5. The number of benzene rings is 1. The summed E-state index contributed by atoms with van der Waals surface area (Å²) in [6, 6.07) is 5.62. The van der Waals surface area contributed by atoms with Gasteiger partial charge in [-0.15, -0.1) is 0 Å². The maximum atomic E-state index is 9.56. The number of fused-ring (bicyclic) bond motifs is 1. The Kier molecular flexibility index (Phi) is 3.39. The average Bonchev–Trinajstić information content (AvgIpc) is 2.99. The highest BCUT2D eigenvalue weighted by Crippen LogP contribution is 2.21. The van der Waals surface area contributed by atoms with Gasteiger partial charge in [-0.05, 0) is 24.6 Å². The molecule has 0 aliphatic rings. The highest BCUT2D eigenvalue weighted by molar-refractivity contribution is 5.79. The molecule has 0 saturated heterocycles. The summed E-state index contributed by atoms with van der Waals surface area (Å²) in [6.45, 7) is 2.63. The van der Waals surface area contributed by atoms with E-state index < -0.39 is 0 Å². The maximum Gasteiger partial charge on any atom is 0.136 e. The fraction of sp³-hybridized carbons (Fsp3) is 0.333. The number of nitrogens with two attached hydrogens (primary N) is 1. The molecule has 21 heavy (non-hydrogen) atoms. The second kappa shape index (κ2) is 5.21. The van der Waals surface area contributed by atoms with Crippen molar-refractivity contribution in [1.29, 1.82) is 0 Å². The van der Waals surface area contributed by atoms with E-state index in [1.807, 2.05) is 40.7 Å². The van der Waals surface area contributed by atoms with Crippen LogP contribution in [-0.2, 0) is 26.6 Å². The van der Waals surface area contributed by atoms with Crippen molar-refractivity contribution in [2.45, 2.75) is 26.5 Å². The van der Waals surface area contributed by atoms with Crippen LogP contribution in [0, 0.1) is 0 Å². The van der Waals surface area contributed by atoms with Crippen LogP contribution in [0.3, 0.4) is 0 Å². The Morgan fingerprint density at radius 2 is 2.14 bits per heavy atom. The van der Waals surface area contributed by atoms with Gasteiger partial charge in [-0.1, -0.05) is 6.92 Å². The van der Waals surface area contributed by atoms with Crippen molar-refractivity contribution >= 4 is 16.7 Å².